The zero-order valence-electron chi connectivity index (χ0n) is 20.9. The van der Waals surface area contributed by atoms with E-state index in [0.717, 1.165) is 49.6 Å². The fourth-order valence-corrected chi connectivity index (χ4v) is 5.17. The first-order valence-corrected chi connectivity index (χ1v) is 12.3. The van der Waals surface area contributed by atoms with E-state index in [4.69, 9.17) is 20.4 Å². The van der Waals surface area contributed by atoms with E-state index in [1.807, 2.05) is 24.3 Å². The van der Waals surface area contributed by atoms with Crippen molar-refractivity contribution in [2.75, 3.05) is 6.61 Å². The van der Waals surface area contributed by atoms with Crippen LogP contribution in [0.2, 0.25) is 0 Å². The van der Waals surface area contributed by atoms with Crippen molar-refractivity contribution in [1.29, 1.82) is 0 Å². The second-order valence-electron chi connectivity index (χ2n) is 9.58. The quantitative estimate of drug-likeness (QED) is 0.263. The van der Waals surface area contributed by atoms with Crippen molar-refractivity contribution >= 4 is 27.8 Å². The highest BCUT2D eigenvalue weighted by Crippen LogP contribution is 2.40. The number of aryl methyl sites for hydroxylation is 2. The number of nitrogens with two attached hydrogens (primary N) is 1. The van der Waals surface area contributed by atoms with E-state index in [9.17, 15) is 8.78 Å². The molecule has 1 unspecified atom stereocenters. The first-order chi connectivity index (χ1) is 18.3. The van der Waals surface area contributed by atoms with Crippen molar-refractivity contribution in [2.24, 2.45) is 10.7 Å². The molecular weight excluding hydrogens is 484 g/mol. The van der Waals surface area contributed by atoms with E-state index < -0.39 is 12.2 Å². The summed E-state index contributed by atoms with van der Waals surface area (Å²) in [4.78, 5) is 9.64. The molecular formula is C31H25F2N3O2. The van der Waals surface area contributed by atoms with Gasteiger partial charge in [0.2, 0.25) is 0 Å². The molecule has 5 aromatic rings. The molecule has 190 valence electrons. The Kier molecular flexibility index (Phi) is 5.71. The van der Waals surface area contributed by atoms with Crippen LogP contribution in [0.5, 0.6) is 5.75 Å². The first kappa shape index (κ1) is 23.9. The lowest BCUT2D eigenvalue weighted by atomic mass is 9.82. The SMILES string of the molecule is Cc1cc(C2(c3cccc(-c4ccc5cc6cccc(C)c6nc5c4)c3)COC(N)=N2)ccc1OC(F)F. The lowest BCUT2D eigenvalue weighted by molar-refractivity contribution is -0.0503. The van der Waals surface area contributed by atoms with E-state index in [1.54, 1.807) is 19.1 Å². The Bertz CT molecular complexity index is 1730. The Hall–Kier alpha value is -4.52. The number of amidine groups is 1. The second kappa shape index (κ2) is 9.10. The normalized spacial score (nSPS) is 17.1. The molecule has 1 aliphatic rings. The topological polar surface area (TPSA) is 69.7 Å². The van der Waals surface area contributed by atoms with Gasteiger partial charge in [-0.2, -0.15) is 8.78 Å². The smallest absolute Gasteiger partial charge is 0.387 e. The van der Waals surface area contributed by atoms with Gasteiger partial charge in [0.25, 0.3) is 6.02 Å². The van der Waals surface area contributed by atoms with Crippen LogP contribution in [0.3, 0.4) is 0 Å². The Morgan fingerprint density at radius 2 is 1.63 bits per heavy atom. The molecule has 0 saturated carbocycles. The zero-order valence-corrected chi connectivity index (χ0v) is 20.9. The van der Waals surface area contributed by atoms with Crippen LogP contribution in [0.15, 0.2) is 89.9 Å². The summed E-state index contributed by atoms with van der Waals surface area (Å²) in [7, 11) is 0. The summed E-state index contributed by atoms with van der Waals surface area (Å²) < 4.78 is 35.9. The summed E-state index contributed by atoms with van der Waals surface area (Å²) in [6.45, 7) is 1.09. The lowest BCUT2D eigenvalue weighted by Crippen LogP contribution is -2.27. The number of hydrogen-bond donors (Lipinski definition) is 1. The molecule has 1 atom stereocenters. The summed E-state index contributed by atoms with van der Waals surface area (Å²) in [6, 6.07) is 27.8. The number of hydrogen-bond acceptors (Lipinski definition) is 5. The highest BCUT2D eigenvalue weighted by Gasteiger charge is 2.40. The molecule has 0 radical (unpaired) electrons. The van der Waals surface area contributed by atoms with Gasteiger partial charge in [0.05, 0.1) is 11.0 Å². The van der Waals surface area contributed by atoms with Gasteiger partial charge >= 0.3 is 6.61 Å². The number of nitrogens with zero attached hydrogens (tertiary/aromatic N) is 2. The number of benzene rings is 4. The van der Waals surface area contributed by atoms with E-state index >= 15 is 0 Å². The number of halogens is 2. The van der Waals surface area contributed by atoms with Crippen molar-refractivity contribution < 1.29 is 18.3 Å². The van der Waals surface area contributed by atoms with Gasteiger partial charge < -0.3 is 15.2 Å². The van der Waals surface area contributed by atoms with Gasteiger partial charge in [-0.15, -0.1) is 0 Å². The molecule has 6 rings (SSSR count). The van der Waals surface area contributed by atoms with Gasteiger partial charge in [-0.25, -0.2) is 9.98 Å². The molecule has 0 amide bonds. The van der Waals surface area contributed by atoms with Crippen LogP contribution < -0.4 is 10.5 Å². The van der Waals surface area contributed by atoms with Gasteiger partial charge in [-0.3, -0.25) is 0 Å². The first-order valence-electron chi connectivity index (χ1n) is 12.3. The van der Waals surface area contributed by atoms with Crippen LogP contribution in [0.4, 0.5) is 8.78 Å². The summed E-state index contributed by atoms with van der Waals surface area (Å²) >= 11 is 0. The average molecular weight is 510 g/mol. The Morgan fingerprint density at radius 1 is 0.842 bits per heavy atom. The minimum absolute atomic E-state index is 0.0816. The van der Waals surface area contributed by atoms with Gasteiger partial charge in [0.1, 0.15) is 12.4 Å². The van der Waals surface area contributed by atoms with Crippen LogP contribution >= 0.6 is 0 Å². The maximum Gasteiger partial charge on any atom is 0.387 e. The van der Waals surface area contributed by atoms with Gasteiger partial charge in [-0.1, -0.05) is 54.6 Å². The summed E-state index contributed by atoms with van der Waals surface area (Å²) in [5, 5.41) is 2.19. The molecule has 5 nitrogen and oxygen atoms in total. The lowest BCUT2D eigenvalue weighted by Gasteiger charge is -2.26. The molecule has 1 aromatic heterocycles. The zero-order chi connectivity index (χ0) is 26.4. The fraction of sp³-hybridized carbons (Fsp3) is 0.161. The minimum atomic E-state index is -2.90. The second-order valence-corrected chi connectivity index (χ2v) is 9.58. The molecule has 2 N–H and O–H groups in total. The van der Waals surface area contributed by atoms with E-state index in [-0.39, 0.29) is 18.4 Å². The third kappa shape index (κ3) is 4.10. The predicted octanol–water partition coefficient (Wildman–Crippen LogP) is 6.86. The molecule has 2 heterocycles. The predicted molar refractivity (Wildman–Crippen MR) is 146 cm³/mol. The van der Waals surface area contributed by atoms with Crippen molar-refractivity contribution in [3.8, 4) is 16.9 Å². The van der Waals surface area contributed by atoms with Crippen LogP contribution in [-0.4, -0.2) is 24.2 Å². The summed E-state index contributed by atoms with van der Waals surface area (Å²) in [5.74, 6) is 0.120. The van der Waals surface area contributed by atoms with Crippen LogP contribution in [-0.2, 0) is 10.3 Å². The molecule has 0 bridgehead atoms. The fourth-order valence-electron chi connectivity index (χ4n) is 5.17. The maximum absolute atomic E-state index is 12.8. The van der Waals surface area contributed by atoms with Crippen LogP contribution in [0.1, 0.15) is 22.3 Å². The number of alkyl halides is 2. The Labute approximate surface area is 218 Å². The van der Waals surface area contributed by atoms with Gasteiger partial charge in [-0.05, 0) is 77.6 Å². The van der Waals surface area contributed by atoms with Crippen molar-refractivity contribution in [3.05, 3.63) is 107 Å². The number of aromatic nitrogens is 1. The molecule has 0 spiro atoms. The number of para-hydroxylation sites is 1. The van der Waals surface area contributed by atoms with E-state index in [1.165, 1.54) is 6.07 Å². The highest BCUT2D eigenvalue weighted by molar-refractivity contribution is 5.95. The van der Waals surface area contributed by atoms with E-state index in [0.29, 0.717) is 5.56 Å². The molecule has 0 fully saturated rings. The number of fused-ring (bicyclic) bond motifs is 2. The molecule has 38 heavy (non-hydrogen) atoms. The van der Waals surface area contributed by atoms with E-state index in [2.05, 4.69) is 54.1 Å². The molecule has 4 aromatic carbocycles. The van der Waals surface area contributed by atoms with Crippen LogP contribution in [0, 0.1) is 13.8 Å². The molecule has 1 aliphatic heterocycles. The van der Waals surface area contributed by atoms with Gasteiger partial charge in [0, 0.05) is 10.8 Å². The molecule has 7 heteroatoms. The van der Waals surface area contributed by atoms with Crippen molar-refractivity contribution in [3.63, 3.8) is 0 Å². The number of rotatable bonds is 5. The third-order valence-electron chi connectivity index (χ3n) is 7.11. The number of aliphatic imine (C=N–C) groups is 1. The highest BCUT2D eigenvalue weighted by atomic mass is 19.3. The minimum Gasteiger partial charge on any atom is -0.462 e. The average Bonchev–Trinajstić information content (AvgIpc) is 3.31. The summed E-state index contributed by atoms with van der Waals surface area (Å²) in [6.07, 6.45) is 0. The number of ether oxygens (including phenoxy) is 2. The Balaban J connectivity index is 1.44. The molecule has 0 aliphatic carbocycles. The monoisotopic (exact) mass is 509 g/mol. The van der Waals surface area contributed by atoms with Gasteiger partial charge in [0.15, 0.2) is 5.54 Å². The maximum atomic E-state index is 12.8. The standard InChI is InChI=1S/C31H25F2N3O2/c1-18-5-3-7-23-14-22-10-9-21(16-26(22)35-28(18)23)20-6-4-8-24(15-20)31(17-37-30(34)36-31)25-11-12-27(19(2)13-25)38-29(32)33/h3-16,29H,17H2,1-2H3,(H2,34,36). The largest absolute Gasteiger partial charge is 0.462 e. The summed E-state index contributed by atoms with van der Waals surface area (Å²) in [5.41, 5.74) is 12.3. The molecule has 0 saturated heterocycles. The third-order valence-corrected chi connectivity index (χ3v) is 7.11. The van der Waals surface area contributed by atoms with Crippen LogP contribution in [0.25, 0.3) is 32.9 Å². The van der Waals surface area contributed by atoms with Crippen molar-refractivity contribution in [1.82, 2.24) is 4.98 Å². The van der Waals surface area contributed by atoms with Crippen molar-refractivity contribution in [2.45, 2.75) is 26.0 Å². The number of pyridine rings is 1. The Morgan fingerprint density at radius 3 is 2.39 bits per heavy atom.